The molecular formula is C15H30N2O2. The minimum atomic E-state index is 0.128. The Balaban J connectivity index is 2.16. The van der Waals surface area contributed by atoms with E-state index in [1.807, 2.05) is 13.8 Å². The maximum atomic E-state index is 11.5. The van der Waals surface area contributed by atoms with Gasteiger partial charge in [-0.3, -0.25) is 4.79 Å². The summed E-state index contributed by atoms with van der Waals surface area (Å²) in [6.07, 6.45) is 2.25. The van der Waals surface area contributed by atoms with Gasteiger partial charge in [-0.2, -0.15) is 0 Å². The first-order valence-corrected chi connectivity index (χ1v) is 7.50. The molecule has 2 N–H and O–H groups in total. The van der Waals surface area contributed by atoms with Crippen molar-refractivity contribution in [3.8, 4) is 0 Å². The average Bonchev–Trinajstić information content (AvgIpc) is 2.29. The number of carbonyl (C=O) groups excluding carboxylic acids is 1. The SMILES string of the molecule is CC(C)NCCC1(CCNCC(=O)C(C)C)COC1. The molecule has 0 saturated carbocycles. The highest BCUT2D eigenvalue weighted by atomic mass is 16.5. The van der Waals surface area contributed by atoms with Gasteiger partial charge in [0.05, 0.1) is 19.8 Å². The minimum Gasteiger partial charge on any atom is -0.380 e. The van der Waals surface area contributed by atoms with Crippen molar-refractivity contribution in [1.82, 2.24) is 10.6 Å². The third kappa shape index (κ3) is 6.02. The molecule has 0 atom stereocenters. The lowest BCUT2D eigenvalue weighted by molar-refractivity contribution is -0.123. The number of rotatable bonds is 10. The molecule has 4 heteroatoms. The molecule has 1 rings (SSSR count). The van der Waals surface area contributed by atoms with E-state index in [1.54, 1.807) is 0 Å². The number of carbonyl (C=O) groups is 1. The van der Waals surface area contributed by atoms with Crippen LogP contribution in [-0.2, 0) is 9.53 Å². The predicted molar refractivity (Wildman–Crippen MR) is 78.3 cm³/mol. The standard InChI is InChI=1S/C15H30N2O2/c1-12(2)14(18)9-16-7-5-15(10-19-11-15)6-8-17-13(3)4/h12-13,16-17H,5-11H2,1-4H3. The molecule has 1 aliphatic rings. The molecule has 0 aromatic rings. The molecular weight excluding hydrogens is 240 g/mol. The van der Waals surface area contributed by atoms with Crippen LogP contribution in [-0.4, -0.2) is 44.7 Å². The molecule has 1 saturated heterocycles. The number of ketones is 1. The van der Waals surface area contributed by atoms with Crippen molar-refractivity contribution in [2.75, 3.05) is 32.8 Å². The smallest absolute Gasteiger partial charge is 0.149 e. The fourth-order valence-corrected chi connectivity index (χ4v) is 2.20. The van der Waals surface area contributed by atoms with Gasteiger partial charge in [0.1, 0.15) is 5.78 Å². The Hall–Kier alpha value is -0.450. The average molecular weight is 270 g/mol. The molecule has 0 aliphatic carbocycles. The second-order valence-corrected chi connectivity index (χ2v) is 6.40. The number of Topliss-reactive ketones (excluding diaryl/α,β-unsaturated/α-hetero) is 1. The monoisotopic (exact) mass is 270 g/mol. The van der Waals surface area contributed by atoms with Crippen molar-refractivity contribution in [3.63, 3.8) is 0 Å². The first kappa shape index (κ1) is 16.6. The van der Waals surface area contributed by atoms with Gasteiger partial charge < -0.3 is 15.4 Å². The maximum absolute atomic E-state index is 11.5. The molecule has 0 radical (unpaired) electrons. The third-order valence-electron chi connectivity index (χ3n) is 3.80. The van der Waals surface area contributed by atoms with Crippen molar-refractivity contribution in [1.29, 1.82) is 0 Å². The molecule has 0 spiro atoms. The number of nitrogens with one attached hydrogen (secondary N) is 2. The fraction of sp³-hybridized carbons (Fsp3) is 0.933. The Morgan fingerprint density at radius 1 is 1.16 bits per heavy atom. The number of hydrogen-bond donors (Lipinski definition) is 2. The maximum Gasteiger partial charge on any atom is 0.149 e. The Morgan fingerprint density at radius 2 is 1.79 bits per heavy atom. The second kappa shape index (κ2) is 7.98. The van der Waals surface area contributed by atoms with Gasteiger partial charge in [-0.25, -0.2) is 0 Å². The van der Waals surface area contributed by atoms with Crippen LogP contribution < -0.4 is 10.6 Å². The minimum absolute atomic E-state index is 0.128. The van der Waals surface area contributed by atoms with Crippen molar-refractivity contribution in [2.24, 2.45) is 11.3 Å². The van der Waals surface area contributed by atoms with Gasteiger partial charge in [-0.05, 0) is 25.9 Å². The Kier molecular flexibility index (Phi) is 6.97. The zero-order valence-corrected chi connectivity index (χ0v) is 12.9. The van der Waals surface area contributed by atoms with Crippen LogP contribution in [0.4, 0.5) is 0 Å². The Bertz CT molecular complexity index is 273. The molecule has 4 nitrogen and oxygen atoms in total. The van der Waals surface area contributed by atoms with Crippen LogP contribution in [0.15, 0.2) is 0 Å². The summed E-state index contributed by atoms with van der Waals surface area (Å²) in [5.74, 6) is 0.420. The molecule has 0 aromatic carbocycles. The summed E-state index contributed by atoms with van der Waals surface area (Å²) in [7, 11) is 0. The summed E-state index contributed by atoms with van der Waals surface area (Å²) in [5.41, 5.74) is 0.329. The molecule has 1 aliphatic heterocycles. The van der Waals surface area contributed by atoms with Gasteiger partial charge in [-0.15, -0.1) is 0 Å². The van der Waals surface area contributed by atoms with Crippen molar-refractivity contribution in [3.05, 3.63) is 0 Å². The molecule has 0 aromatic heterocycles. The Labute approximate surface area is 117 Å². The first-order chi connectivity index (χ1) is 8.95. The van der Waals surface area contributed by atoms with E-state index in [4.69, 9.17) is 4.74 Å². The molecule has 0 amide bonds. The summed E-state index contributed by atoms with van der Waals surface area (Å²) in [6.45, 7) is 12.4. The fourth-order valence-electron chi connectivity index (χ4n) is 2.20. The van der Waals surface area contributed by atoms with E-state index in [-0.39, 0.29) is 5.92 Å². The zero-order valence-electron chi connectivity index (χ0n) is 12.9. The molecule has 1 fully saturated rings. The summed E-state index contributed by atoms with van der Waals surface area (Å²) >= 11 is 0. The lowest BCUT2D eigenvalue weighted by atomic mass is 9.79. The van der Waals surface area contributed by atoms with Gasteiger partial charge in [0.25, 0.3) is 0 Å². The van der Waals surface area contributed by atoms with Crippen LogP contribution >= 0.6 is 0 Å². The van der Waals surface area contributed by atoms with E-state index in [9.17, 15) is 4.79 Å². The van der Waals surface area contributed by atoms with Crippen LogP contribution in [0.1, 0.15) is 40.5 Å². The summed E-state index contributed by atoms with van der Waals surface area (Å²) in [6, 6.07) is 0.542. The predicted octanol–water partition coefficient (Wildman–Crippen LogP) is 1.60. The van der Waals surface area contributed by atoms with Crippen LogP contribution in [0.3, 0.4) is 0 Å². The number of ether oxygens (including phenoxy) is 1. The topological polar surface area (TPSA) is 50.4 Å². The number of hydrogen-bond acceptors (Lipinski definition) is 4. The normalized spacial score (nSPS) is 17.8. The van der Waals surface area contributed by atoms with E-state index >= 15 is 0 Å². The quantitative estimate of drug-likeness (QED) is 0.592. The largest absolute Gasteiger partial charge is 0.380 e. The molecule has 0 unspecified atom stereocenters. The van der Waals surface area contributed by atoms with E-state index < -0.39 is 0 Å². The van der Waals surface area contributed by atoms with Crippen molar-refractivity contribution < 1.29 is 9.53 Å². The summed E-state index contributed by atoms with van der Waals surface area (Å²) < 4.78 is 5.39. The first-order valence-electron chi connectivity index (χ1n) is 7.50. The summed E-state index contributed by atoms with van der Waals surface area (Å²) in [5, 5.41) is 6.73. The van der Waals surface area contributed by atoms with Gasteiger partial charge >= 0.3 is 0 Å². The zero-order chi connectivity index (χ0) is 14.3. The van der Waals surface area contributed by atoms with E-state index in [0.717, 1.165) is 39.1 Å². The van der Waals surface area contributed by atoms with Crippen LogP contribution in [0.5, 0.6) is 0 Å². The van der Waals surface area contributed by atoms with E-state index in [1.165, 1.54) is 0 Å². The van der Waals surface area contributed by atoms with Crippen LogP contribution in [0.2, 0.25) is 0 Å². The molecule has 112 valence electrons. The second-order valence-electron chi connectivity index (χ2n) is 6.40. The van der Waals surface area contributed by atoms with Gasteiger partial charge in [0, 0.05) is 17.4 Å². The van der Waals surface area contributed by atoms with Gasteiger partial charge in [-0.1, -0.05) is 27.7 Å². The van der Waals surface area contributed by atoms with Crippen molar-refractivity contribution >= 4 is 5.78 Å². The molecule has 1 heterocycles. The van der Waals surface area contributed by atoms with Crippen LogP contribution in [0.25, 0.3) is 0 Å². The highest BCUT2D eigenvalue weighted by Crippen LogP contribution is 2.34. The van der Waals surface area contributed by atoms with Crippen molar-refractivity contribution in [2.45, 2.75) is 46.6 Å². The van der Waals surface area contributed by atoms with Crippen LogP contribution in [0, 0.1) is 11.3 Å². The molecule has 0 bridgehead atoms. The van der Waals surface area contributed by atoms with E-state index in [0.29, 0.717) is 23.8 Å². The lowest BCUT2D eigenvalue weighted by Gasteiger charge is -2.42. The third-order valence-corrected chi connectivity index (χ3v) is 3.80. The lowest BCUT2D eigenvalue weighted by Crippen LogP contribution is -2.47. The summed E-state index contributed by atoms with van der Waals surface area (Å²) in [4.78, 5) is 11.5. The van der Waals surface area contributed by atoms with E-state index in [2.05, 4.69) is 24.5 Å². The molecule has 19 heavy (non-hydrogen) atoms. The highest BCUT2D eigenvalue weighted by molar-refractivity contribution is 5.82. The van der Waals surface area contributed by atoms with Gasteiger partial charge in [0.2, 0.25) is 0 Å². The van der Waals surface area contributed by atoms with Gasteiger partial charge in [0.15, 0.2) is 0 Å². The highest BCUT2D eigenvalue weighted by Gasteiger charge is 2.37. The Morgan fingerprint density at radius 3 is 2.26 bits per heavy atom.